The molecule has 1 N–H and O–H groups in total. The molecule has 0 bridgehead atoms. The Bertz CT molecular complexity index is 639. The molecule has 3 heteroatoms. The van der Waals surface area contributed by atoms with Gasteiger partial charge in [-0.15, -0.1) is 0 Å². The average Bonchev–Trinajstić information content (AvgIpc) is 3.18. The lowest BCUT2D eigenvalue weighted by atomic mass is 9.44. The Morgan fingerprint density at radius 3 is 2.54 bits per heavy atom. The van der Waals surface area contributed by atoms with Crippen LogP contribution in [0.4, 0.5) is 0 Å². The van der Waals surface area contributed by atoms with Gasteiger partial charge < -0.3 is 9.84 Å². The third-order valence-electron chi connectivity index (χ3n) is 9.77. The standard InChI is InChI=1S/C23H34O3/c1-22-9-7-16(24)12-15(22)3-4-17-19-6-5-18(14-11-21(25)26-13-14)23(19,2)10-8-20(17)22/h11,15-20,24H,3-10,12-13H2,1-2H3/t15-,16+,17+,18+,19+,20+,22+,23-/m1/s1. The summed E-state index contributed by atoms with van der Waals surface area (Å²) in [6.45, 7) is 5.62. The highest BCUT2D eigenvalue weighted by Crippen LogP contribution is 2.68. The SMILES string of the molecule is C[C@]12CC[C@H](O)C[C@H]1CC[C@@H]1[C@@H]2CC[C@]2(C)[C@H](C3=CC(=O)OC3)CC[C@@H]12. The zero-order chi connectivity index (χ0) is 18.1. The van der Waals surface area contributed by atoms with Gasteiger partial charge in [0.1, 0.15) is 6.61 Å². The molecule has 0 saturated heterocycles. The van der Waals surface area contributed by atoms with Gasteiger partial charge in [-0.05, 0) is 104 Å². The minimum absolute atomic E-state index is 0.0545. The summed E-state index contributed by atoms with van der Waals surface area (Å²) >= 11 is 0. The molecule has 1 aliphatic heterocycles. The van der Waals surface area contributed by atoms with Crippen molar-refractivity contribution in [1.82, 2.24) is 0 Å². The van der Waals surface area contributed by atoms with Gasteiger partial charge in [-0.2, -0.15) is 0 Å². The maximum atomic E-state index is 11.6. The van der Waals surface area contributed by atoms with Gasteiger partial charge >= 0.3 is 5.97 Å². The topological polar surface area (TPSA) is 46.5 Å². The molecule has 144 valence electrons. The first-order chi connectivity index (χ1) is 12.4. The van der Waals surface area contributed by atoms with Gasteiger partial charge in [-0.1, -0.05) is 13.8 Å². The minimum atomic E-state index is -0.130. The molecule has 0 amide bonds. The number of fused-ring (bicyclic) bond motifs is 5. The van der Waals surface area contributed by atoms with Crippen LogP contribution in [0.1, 0.15) is 71.6 Å². The molecule has 0 aromatic heterocycles. The number of hydrogen-bond acceptors (Lipinski definition) is 3. The van der Waals surface area contributed by atoms with Crippen molar-refractivity contribution >= 4 is 5.97 Å². The van der Waals surface area contributed by atoms with Gasteiger partial charge in [0, 0.05) is 6.08 Å². The Labute approximate surface area is 157 Å². The first-order valence-corrected chi connectivity index (χ1v) is 11.0. The number of rotatable bonds is 1. The van der Waals surface area contributed by atoms with E-state index in [1.54, 1.807) is 6.08 Å². The summed E-state index contributed by atoms with van der Waals surface area (Å²) in [5.41, 5.74) is 2.09. The molecule has 3 nitrogen and oxygen atoms in total. The van der Waals surface area contributed by atoms with Crippen molar-refractivity contribution in [1.29, 1.82) is 0 Å². The van der Waals surface area contributed by atoms with Gasteiger partial charge in [0.15, 0.2) is 0 Å². The maximum Gasteiger partial charge on any atom is 0.331 e. The van der Waals surface area contributed by atoms with Gasteiger partial charge in [-0.3, -0.25) is 0 Å². The molecular formula is C23H34O3. The molecule has 0 spiro atoms. The Balaban J connectivity index is 1.41. The van der Waals surface area contributed by atoms with Gasteiger partial charge in [0.2, 0.25) is 0 Å². The van der Waals surface area contributed by atoms with Gasteiger partial charge in [0.25, 0.3) is 0 Å². The zero-order valence-electron chi connectivity index (χ0n) is 16.4. The van der Waals surface area contributed by atoms with Gasteiger partial charge in [0.05, 0.1) is 6.10 Å². The number of carbonyl (C=O) groups excluding carboxylic acids is 1. The van der Waals surface area contributed by atoms with Crippen LogP contribution in [-0.4, -0.2) is 23.8 Å². The molecule has 5 rings (SSSR count). The molecule has 0 aromatic rings. The molecule has 1 heterocycles. The normalized spacial score (nSPS) is 53.3. The molecule has 4 aliphatic carbocycles. The Morgan fingerprint density at radius 1 is 1.00 bits per heavy atom. The van der Waals surface area contributed by atoms with Crippen molar-refractivity contribution in [3.05, 3.63) is 11.6 Å². The Morgan fingerprint density at radius 2 is 1.77 bits per heavy atom. The lowest BCUT2D eigenvalue weighted by molar-refractivity contribution is -0.135. The van der Waals surface area contributed by atoms with Crippen molar-refractivity contribution in [2.24, 2.45) is 40.4 Å². The lowest BCUT2D eigenvalue weighted by Gasteiger charge is -2.61. The van der Waals surface area contributed by atoms with E-state index in [4.69, 9.17) is 4.74 Å². The molecular weight excluding hydrogens is 324 g/mol. The summed E-state index contributed by atoms with van der Waals surface area (Å²) in [5.74, 6) is 3.67. The van der Waals surface area contributed by atoms with Crippen LogP contribution in [0.3, 0.4) is 0 Å². The average molecular weight is 359 g/mol. The highest BCUT2D eigenvalue weighted by Gasteiger charge is 2.60. The van der Waals surface area contributed by atoms with E-state index in [2.05, 4.69) is 13.8 Å². The fraction of sp³-hybridized carbons (Fsp3) is 0.870. The van der Waals surface area contributed by atoms with Crippen LogP contribution in [-0.2, 0) is 9.53 Å². The molecule has 8 atom stereocenters. The second-order valence-electron chi connectivity index (χ2n) is 10.6. The highest BCUT2D eigenvalue weighted by molar-refractivity contribution is 5.85. The van der Waals surface area contributed by atoms with Crippen LogP contribution in [0.15, 0.2) is 11.6 Å². The van der Waals surface area contributed by atoms with Crippen LogP contribution in [0.2, 0.25) is 0 Å². The van der Waals surface area contributed by atoms with E-state index >= 15 is 0 Å². The first kappa shape index (κ1) is 17.3. The summed E-state index contributed by atoms with van der Waals surface area (Å²) in [6.07, 6.45) is 12.9. The van der Waals surface area contributed by atoms with Gasteiger partial charge in [-0.25, -0.2) is 4.79 Å². The fourth-order valence-electron chi connectivity index (χ4n) is 8.43. The molecule has 0 radical (unpaired) electrons. The minimum Gasteiger partial charge on any atom is -0.458 e. The van der Waals surface area contributed by atoms with Crippen molar-refractivity contribution in [3.8, 4) is 0 Å². The zero-order valence-corrected chi connectivity index (χ0v) is 16.4. The predicted molar refractivity (Wildman–Crippen MR) is 100 cm³/mol. The van der Waals surface area contributed by atoms with Crippen molar-refractivity contribution < 1.29 is 14.6 Å². The monoisotopic (exact) mass is 358 g/mol. The van der Waals surface area contributed by atoms with E-state index in [-0.39, 0.29) is 12.1 Å². The van der Waals surface area contributed by atoms with E-state index in [0.717, 1.165) is 36.5 Å². The number of cyclic esters (lactones) is 1. The van der Waals surface area contributed by atoms with Crippen molar-refractivity contribution in [2.45, 2.75) is 77.7 Å². The second-order valence-corrected chi connectivity index (χ2v) is 10.6. The Hall–Kier alpha value is -0.830. The number of hydrogen-bond donors (Lipinski definition) is 1. The third-order valence-corrected chi connectivity index (χ3v) is 9.77. The van der Waals surface area contributed by atoms with Crippen LogP contribution in [0.25, 0.3) is 0 Å². The number of carbonyl (C=O) groups is 1. The van der Waals surface area contributed by atoms with E-state index in [1.807, 2.05) is 0 Å². The van der Waals surface area contributed by atoms with Crippen LogP contribution in [0, 0.1) is 40.4 Å². The van der Waals surface area contributed by atoms with E-state index in [9.17, 15) is 9.90 Å². The Kier molecular flexibility index (Phi) is 3.88. The maximum absolute atomic E-state index is 11.6. The largest absolute Gasteiger partial charge is 0.458 e. The summed E-state index contributed by atoms with van der Waals surface area (Å²) in [7, 11) is 0. The highest BCUT2D eigenvalue weighted by atomic mass is 16.5. The molecule has 0 aromatic carbocycles. The number of ether oxygens (including phenoxy) is 1. The summed E-state index contributed by atoms with van der Waals surface area (Å²) < 4.78 is 5.25. The number of aliphatic hydroxyl groups excluding tert-OH is 1. The number of aliphatic hydroxyl groups is 1. The summed E-state index contributed by atoms with van der Waals surface area (Å²) in [4.78, 5) is 11.6. The van der Waals surface area contributed by atoms with Crippen LogP contribution in [0.5, 0.6) is 0 Å². The van der Waals surface area contributed by atoms with Crippen molar-refractivity contribution in [3.63, 3.8) is 0 Å². The quantitative estimate of drug-likeness (QED) is 0.703. The fourth-order valence-corrected chi connectivity index (χ4v) is 8.43. The molecule has 26 heavy (non-hydrogen) atoms. The van der Waals surface area contributed by atoms with E-state index < -0.39 is 0 Å². The van der Waals surface area contributed by atoms with Crippen LogP contribution >= 0.6 is 0 Å². The summed E-state index contributed by atoms with van der Waals surface area (Å²) in [5, 5.41) is 10.2. The first-order valence-electron chi connectivity index (χ1n) is 11.0. The smallest absolute Gasteiger partial charge is 0.331 e. The van der Waals surface area contributed by atoms with Crippen LogP contribution < -0.4 is 0 Å². The lowest BCUT2D eigenvalue weighted by Crippen LogP contribution is -2.54. The molecule has 5 aliphatic rings. The molecule has 4 saturated carbocycles. The summed E-state index contributed by atoms with van der Waals surface area (Å²) in [6, 6.07) is 0. The second kappa shape index (κ2) is 5.83. The van der Waals surface area contributed by atoms with Crippen molar-refractivity contribution in [2.75, 3.05) is 6.61 Å². The molecule has 0 unspecified atom stereocenters. The van der Waals surface area contributed by atoms with E-state index in [1.165, 1.54) is 50.5 Å². The molecule has 4 fully saturated rings. The number of esters is 1. The van der Waals surface area contributed by atoms with E-state index in [0.29, 0.717) is 23.4 Å². The predicted octanol–water partition coefficient (Wildman–Crippen LogP) is 4.49. The third kappa shape index (κ3) is 2.31.